The molecule has 124 valence electrons. The van der Waals surface area contributed by atoms with E-state index in [0.717, 1.165) is 5.69 Å². The molecule has 1 aromatic carbocycles. The highest BCUT2D eigenvalue weighted by Gasteiger charge is 2.37. The maximum Gasteiger partial charge on any atom is 0.265 e. The quantitative estimate of drug-likeness (QED) is 0.788. The molecule has 1 aromatic heterocycles. The lowest BCUT2D eigenvalue weighted by Crippen LogP contribution is -2.16. The normalized spacial score (nSPS) is 15.0. The van der Waals surface area contributed by atoms with E-state index in [4.69, 9.17) is 4.52 Å². The fourth-order valence-corrected chi connectivity index (χ4v) is 4.27. The number of aliphatic hydroxyl groups excluding tert-OH is 1. The summed E-state index contributed by atoms with van der Waals surface area (Å²) in [5.74, 6) is -1.28. The summed E-state index contributed by atoms with van der Waals surface area (Å²) in [6.07, 6.45) is 2.28. The molecule has 0 aliphatic carbocycles. The zero-order valence-electron chi connectivity index (χ0n) is 13.7. The summed E-state index contributed by atoms with van der Waals surface area (Å²) >= 11 is 0. The molecular weight excluding hydrogens is 311 g/mol. The molecule has 0 saturated carbocycles. The smallest absolute Gasteiger partial charge is 0.265 e. The van der Waals surface area contributed by atoms with Crippen LogP contribution >= 0.6 is 7.37 Å². The summed E-state index contributed by atoms with van der Waals surface area (Å²) in [4.78, 5) is 6.07. The van der Waals surface area contributed by atoms with Gasteiger partial charge < -0.3 is 14.5 Å². The lowest BCUT2D eigenvalue weighted by atomic mass is 10.3. The number of benzene rings is 1. The van der Waals surface area contributed by atoms with Gasteiger partial charge in [-0.1, -0.05) is 13.0 Å². The van der Waals surface area contributed by atoms with Crippen LogP contribution in [0.15, 0.2) is 48.7 Å². The molecule has 0 saturated heterocycles. The monoisotopic (exact) mass is 334 g/mol. The van der Waals surface area contributed by atoms with Gasteiger partial charge in [0.25, 0.3) is 7.37 Å². The van der Waals surface area contributed by atoms with Crippen molar-refractivity contribution in [1.29, 1.82) is 0 Å². The van der Waals surface area contributed by atoms with Crippen molar-refractivity contribution in [3.05, 3.63) is 54.4 Å². The maximum atomic E-state index is 13.4. The summed E-state index contributed by atoms with van der Waals surface area (Å²) in [7, 11) is 0.394. The van der Waals surface area contributed by atoms with Gasteiger partial charge in [-0.15, -0.1) is 0 Å². The van der Waals surface area contributed by atoms with E-state index in [2.05, 4.69) is 4.98 Å². The van der Waals surface area contributed by atoms with Crippen LogP contribution in [0.1, 0.15) is 24.9 Å². The first-order chi connectivity index (χ1) is 11.0. The first-order valence-corrected chi connectivity index (χ1v) is 9.29. The van der Waals surface area contributed by atoms with E-state index >= 15 is 0 Å². The molecule has 0 spiro atoms. The first-order valence-electron chi connectivity index (χ1n) is 7.60. The Kier molecular flexibility index (Phi) is 5.94. The van der Waals surface area contributed by atoms with Gasteiger partial charge in [0.2, 0.25) is 0 Å². The van der Waals surface area contributed by atoms with Crippen LogP contribution in [-0.4, -0.2) is 30.8 Å². The topological polar surface area (TPSA) is 62.7 Å². The highest BCUT2D eigenvalue weighted by Crippen LogP contribution is 2.57. The number of hydrogen-bond acceptors (Lipinski definition) is 5. The van der Waals surface area contributed by atoms with E-state index in [1.54, 1.807) is 36.5 Å². The number of nitrogens with zero attached hydrogens (tertiary/aromatic N) is 2. The molecule has 0 fully saturated rings. The largest absolute Gasteiger partial charge is 0.378 e. The molecule has 2 atom stereocenters. The zero-order chi connectivity index (χ0) is 16.9. The number of aromatic nitrogens is 1. The van der Waals surface area contributed by atoms with Gasteiger partial charge in [-0.2, -0.15) is 0 Å². The van der Waals surface area contributed by atoms with Crippen molar-refractivity contribution in [3.63, 3.8) is 0 Å². The van der Waals surface area contributed by atoms with Crippen molar-refractivity contribution in [3.8, 4) is 0 Å². The van der Waals surface area contributed by atoms with Gasteiger partial charge in [-0.3, -0.25) is 9.55 Å². The van der Waals surface area contributed by atoms with Gasteiger partial charge in [0.05, 0.1) is 12.3 Å². The Morgan fingerprint density at radius 3 is 2.43 bits per heavy atom. The van der Waals surface area contributed by atoms with Gasteiger partial charge in [0.15, 0.2) is 5.85 Å². The van der Waals surface area contributed by atoms with Crippen LogP contribution in [0.4, 0.5) is 5.69 Å². The molecule has 0 unspecified atom stereocenters. The second kappa shape index (κ2) is 7.73. The Hall–Kier alpha value is -1.68. The van der Waals surface area contributed by atoms with Gasteiger partial charge in [0.1, 0.15) is 0 Å². The van der Waals surface area contributed by atoms with Crippen LogP contribution in [0.5, 0.6) is 0 Å². The highest BCUT2D eigenvalue weighted by atomic mass is 31.2. The van der Waals surface area contributed by atoms with E-state index in [-0.39, 0.29) is 0 Å². The van der Waals surface area contributed by atoms with Gasteiger partial charge in [-0.25, -0.2) is 0 Å². The molecule has 2 rings (SSSR count). The van der Waals surface area contributed by atoms with Gasteiger partial charge in [-0.05, 0) is 42.8 Å². The summed E-state index contributed by atoms with van der Waals surface area (Å²) in [5, 5.41) is 11.1. The summed E-state index contributed by atoms with van der Waals surface area (Å²) in [6, 6.07) is 12.4. The van der Waals surface area contributed by atoms with Crippen molar-refractivity contribution in [2.75, 3.05) is 25.6 Å². The maximum absolute atomic E-state index is 13.4. The first kappa shape index (κ1) is 17.7. The molecule has 1 N–H and O–H groups in total. The zero-order valence-corrected chi connectivity index (χ0v) is 14.6. The van der Waals surface area contributed by atoms with Crippen LogP contribution in [0.2, 0.25) is 0 Å². The Labute approximate surface area is 137 Å². The third-order valence-corrected chi connectivity index (χ3v) is 5.98. The molecular formula is C17H23N2O3P. The van der Waals surface area contributed by atoms with Crippen LogP contribution in [0.3, 0.4) is 0 Å². The molecule has 0 aliphatic rings. The van der Waals surface area contributed by atoms with Crippen molar-refractivity contribution < 1.29 is 14.2 Å². The molecule has 6 heteroatoms. The summed E-state index contributed by atoms with van der Waals surface area (Å²) in [6.45, 7) is 2.25. The second-order valence-corrected chi connectivity index (χ2v) is 7.93. The highest BCUT2D eigenvalue weighted by molar-refractivity contribution is 7.67. The average molecular weight is 334 g/mol. The molecule has 5 nitrogen and oxygen atoms in total. The molecule has 0 aliphatic heterocycles. The third-order valence-electron chi connectivity index (χ3n) is 3.49. The molecule has 0 bridgehead atoms. The molecule has 0 amide bonds. The fraction of sp³-hybridized carbons (Fsp3) is 0.353. The Balaban J connectivity index is 2.40. The molecule has 0 radical (unpaired) electrons. The Morgan fingerprint density at radius 1 is 1.22 bits per heavy atom. The van der Waals surface area contributed by atoms with Crippen LogP contribution in [0.25, 0.3) is 0 Å². The predicted octanol–water partition coefficient (Wildman–Crippen LogP) is 3.17. The SMILES string of the molecule is CCCO[P@@](=O)(c1ccc(N(C)C)cc1)[C@@H](O)c1ccccn1. The molecule has 1 heterocycles. The van der Waals surface area contributed by atoms with Crippen molar-refractivity contribution >= 4 is 18.4 Å². The Morgan fingerprint density at radius 2 is 1.91 bits per heavy atom. The summed E-state index contributed by atoms with van der Waals surface area (Å²) < 4.78 is 19.1. The van der Waals surface area contributed by atoms with Crippen LogP contribution in [0, 0.1) is 0 Å². The van der Waals surface area contributed by atoms with E-state index in [0.29, 0.717) is 24.0 Å². The van der Waals surface area contributed by atoms with Crippen molar-refractivity contribution in [2.45, 2.75) is 19.2 Å². The van der Waals surface area contributed by atoms with E-state index in [1.807, 2.05) is 38.1 Å². The number of pyridine rings is 1. The van der Waals surface area contributed by atoms with Gasteiger partial charge in [0, 0.05) is 31.3 Å². The standard InChI is InChI=1S/C17H23N2O3P/c1-4-13-22-23(21,17(20)16-7-5-6-12-18-16)15-10-8-14(9-11-15)19(2)3/h5-12,17,20H,4,13H2,1-3H3/t17-,23+/m1/s1. The van der Waals surface area contributed by atoms with Crippen molar-refractivity contribution in [2.24, 2.45) is 0 Å². The molecule has 2 aromatic rings. The minimum atomic E-state index is -3.48. The number of anilines is 1. The minimum Gasteiger partial charge on any atom is -0.378 e. The lowest BCUT2D eigenvalue weighted by molar-refractivity contribution is 0.211. The molecule has 23 heavy (non-hydrogen) atoms. The predicted molar refractivity (Wildman–Crippen MR) is 93.4 cm³/mol. The Bertz CT molecular complexity index is 659. The third kappa shape index (κ3) is 3.99. The van der Waals surface area contributed by atoms with Crippen LogP contribution < -0.4 is 10.2 Å². The number of hydrogen-bond donors (Lipinski definition) is 1. The fourth-order valence-electron chi connectivity index (χ4n) is 2.17. The summed E-state index contributed by atoms with van der Waals surface area (Å²) in [5.41, 5.74) is 1.34. The lowest BCUT2D eigenvalue weighted by Gasteiger charge is -2.24. The second-order valence-electron chi connectivity index (χ2n) is 5.47. The van der Waals surface area contributed by atoms with Gasteiger partial charge >= 0.3 is 0 Å². The minimum absolute atomic E-state index is 0.316. The van der Waals surface area contributed by atoms with Crippen molar-refractivity contribution in [1.82, 2.24) is 4.98 Å². The van der Waals surface area contributed by atoms with E-state index < -0.39 is 13.2 Å². The average Bonchev–Trinajstić information content (AvgIpc) is 2.59. The number of aliphatic hydroxyl groups is 1. The van der Waals surface area contributed by atoms with Crippen LogP contribution in [-0.2, 0) is 9.09 Å². The number of rotatable bonds is 7. The van der Waals surface area contributed by atoms with E-state index in [9.17, 15) is 9.67 Å². The van der Waals surface area contributed by atoms with E-state index in [1.165, 1.54) is 0 Å².